The van der Waals surface area contributed by atoms with Gasteiger partial charge in [0.1, 0.15) is 0 Å². The van der Waals surface area contributed by atoms with E-state index in [1.165, 1.54) is 17.5 Å². The normalized spacial score (nSPS) is 18.0. The molecule has 1 aliphatic rings. The number of ether oxygens (including phenoxy) is 1. The first kappa shape index (κ1) is 14.3. The first-order valence-electron chi connectivity index (χ1n) is 7.61. The van der Waals surface area contributed by atoms with Crippen LogP contribution in [0.4, 0.5) is 0 Å². The summed E-state index contributed by atoms with van der Waals surface area (Å²) in [6.07, 6.45) is 3.56. The molecule has 1 fully saturated rings. The van der Waals surface area contributed by atoms with Crippen molar-refractivity contribution in [1.29, 1.82) is 0 Å². The average Bonchev–Trinajstić information content (AvgIpc) is 2.52. The zero-order valence-electron chi connectivity index (χ0n) is 12.5. The third-order valence-corrected chi connectivity index (χ3v) is 4.67. The van der Waals surface area contributed by atoms with Gasteiger partial charge in [-0.3, -0.25) is 0 Å². The second kappa shape index (κ2) is 6.00. The zero-order chi connectivity index (χ0) is 14.7. The number of hydrogen-bond donors (Lipinski definition) is 1. The van der Waals surface area contributed by atoms with Gasteiger partial charge in [-0.15, -0.1) is 0 Å². The molecule has 0 heterocycles. The lowest BCUT2D eigenvalue weighted by molar-refractivity contribution is -0.0999. The van der Waals surface area contributed by atoms with Crippen LogP contribution in [-0.4, -0.2) is 17.8 Å². The highest BCUT2D eigenvalue weighted by molar-refractivity contribution is 5.63. The minimum atomic E-state index is -0.449. The minimum absolute atomic E-state index is 0.0997. The third kappa shape index (κ3) is 3.02. The molecule has 1 unspecified atom stereocenters. The van der Waals surface area contributed by atoms with Crippen molar-refractivity contribution in [2.45, 2.75) is 37.4 Å². The molecule has 1 aliphatic carbocycles. The Morgan fingerprint density at radius 1 is 1.00 bits per heavy atom. The molecule has 2 nitrogen and oxygen atoms in total. The van der Waals surface area contributed by atoms with Gasteiger partial charge in [0.15, 0.2) is 0 Å². The summed E-state index contributed by atoms with van der Waals surface area (Å²) >= 11 is 0. The van der Waals surface area contributed by atoms with Crippen LogP contribution in [0.5, 0.6) is 0 Å². The fraction of sp³-hybridized carbons (Fsp3) is 0.368. The molecule has 0 saturated heterocycles. The second-order valence-electron chi connectivity index (χ2n) is 5.95. The van der Waals surface area contributed by atoms with Crippen molar-refractivity contribution in [2.75, 3.05) is 7.11 Å². The number of aliphatic hydroxyl groups is 1. The van der Waals surface area contributed by atoms with E-state index < -0.39 is 6.10 Å². The molecule has 2 aromatic carbocycles. The largest absolute Gasteiger partial charge is 0.388 e. The number of rotatable bonds is 5. The summed E-state index contributed by atoms with van der Waals surface area (Å²) in [6, 6.07) is 18.5. The molecule has 1 atom stereocenters. The highest BCUT2D eigenvalue weighted by atomic mass is 16.5. The van der Waals surface area contributed by atoms with E-state index >= 15 is 0 Å². The predicted octanol–water partition coefficient (Wildman–Crippen LogP) is 4.35. The highest BCUT2D eigenvalue weighted by Crippen LogP contribution is 2.41. The molecule has 0 aliphatic heterocycles. The van der Waals surface area contributed by atoms with Crippen LogP contribution < -0.4 is 0 Å². The van der Waals surface area contributed by atoms with Crippen LogP contribution >= 0.6 is 0 Å². The van der Waals surface area contributed by atoms with Crippen molar-refractivity contribution in [3.63, 3.8) is 0 Å². The van der Waals surface area contributed by atoms with Gasteiger partial charge in [0.2, 0.25) is 0 Å². The van der Waals surface area contributed by atoms with E-state index in [0.29, 0.717) is 6.42 Å². The van der Waals surface area contributed by atoms with Crippen LogP contribution in [0.3, 0.4) is 0 Å². The summed E-state index contributed by atoms with van der Waals surface area (Å²) in [5.41, 5.74) is 3.25. The molecule has 0 bridgehead atoms. The van der Waals surface area contributed by atoms with Crippen molar-refractivity contribution >= 4 is 0 Å². The van der Waals surface area contributed by atoms with Crippen LogP contribution in [0.1, 0.15) is 37.4 Å². The van der Waals surface area contributed by atoms with Crippen molar-refractivity contribution in [1.82, 2.24) is 0 Å². The van der Waals surface area contributed by atoms with E-state index in [1.54, 1.807) is 7.11 Å². The summed E-state index contributed by atoms with van der Waals surface area (Å²) in [5.74, 6) is 0. The van der Waals surface area contributed by atoms with Gasteiger partial charge in [-0.2, -0.15) is 0 Å². The van der Waals surface area contributed by atoms with Crippen LogP contribution in [0.2, 0.25) is 0 Å². The van der Waals surface area contributed by atoms with Crippen molar-refractivity contribution in [2.24, 2.45) is 0 Å². The van der Waals surface area contributed by atoms with Crippen molar-refractivity contribution in [3.8, 4) is 11.1 Å². The molecule has 2 aromatic rings. The Hall–Kier alpha value is -1.64. The monoisotopic (exact) mass is 282 g/mol. The van der Waals surface area contributed by atoms with Gasteiger partial charge in [-0.25, -0.2) is 0 Å². The predicted molar refractivity (Wildman–Crippen MR) is 85.0 cm³/mol. The molecule has 1 N–H and O–H groups in total. The average molecular weight is 282 g/mol. The summed E-state index contributed by atoms with van der Waals surface area (Å²) in [7, 11) is 1.75. The van der Waals surface area contributed by atoms with Gasteiger partial charge in [0.25, 0.3) is 0 Å². The third-order valence-electron chi connectivity index (χ3n) is 4.67. The molecule has 1 saturated carbocycles. The molecular formula is C19H22O2. The van der Waals surface area contributed by atoms with Gasteiger partial charge in [-0.05, 0) is 36.0 Å². The van der Waals surface area contributed by atoms with Crippen molar-refractivity contribution < 1.29 is 9.84 Å². The zero-order valence-corrected chi connectivity index (χ0v) is 12.5. The standard InChI is InChI=1S/C19H22O2/c1-21-19(12-5-13-19)14-18(20)17-10-8-16(9-11-17)15-6-3-2-4-7-15/h2-4,6-11,18,20H,5,12-14H2,1H3. The molecule has 0 spiro atoms. The SMILES string of the molecule is COC1(CC(O)c2ccc(-c3ccccc3)cc2)CCC1. The molecule has 0 amide bonds. The van der Waals surface area contributed by atoms with Crippen LogP contribution in [0.15, 0.2) is 54.6 Å². The fourth-order valence-electron chi connectivity index (χ4n) is 3.06. The lowest BCUT2D eigenvalue weighted by Crippen LogP contribution is -2.40. The van der Waals surface area contributed by atoms with Gasteiger partial charge < -0.3 is 9.84 Å². The maximum atomic E-state index is 10.4. The fourth-order valence-corrected chi connectivity index (χ4v) is 3.06. The summed E-state index contributed by atoms with van der Waals surface area (Å²) in [5, 5.41) is 10.4. The number of benzene rings is 2. The minimum Gasteiger partial charge on any atom is -0.388 e. The summed E-state index contributed by atoms with van der Waals surface area (Å²) < 4.78 is 5.60. The van der Waals surface area contributed by atoms with E-state index in [9.17, 15) is 5.11 Å². The van der Waals surface area contributed by atoms with Crippen molar-refractivity contribution in [3.05, 3.63) is 60.2 Å². The lowest BCUT2D eigenvalue weighted by atomic mass is 9.75. The van der Waals surface area contributed by atoms with E-state index in [2.05, 4.69) is 24.3 Å². The number of hydrogen-bond acceptors (Lipinski definition) is 2. The maximum Gasteiger partial charge on any atom is 0.0817 e. The Bertz CT molecular complexity index is 565. The topological polar surface area (TPSA) is 29.5 Å². The first-order chi connectivity index (χ1) is 10.2. The maximum absolute atomic E-state index is 10.4. The Kier molecular flexibility index (Phi) is 4.09. The second-order valence-corrected chi connectivity index (χ2v) is 5.95. The Labute approximate surface area is 126 Å². The molecule has 2 heteroatoms. The van der Waals surface area contributed by atoms with Gasteiger partial charge >= 0.3 is 0 Å². The lowest BCUT2D eigenvalue weighted by Gasteiger charge is -2.41. The molecule has 21 heavy (non-hydrogen) atoms. The van der Waals surface area contributed by atoms with Crippen LogP contribution in [-0.2, 0) is 4.74 Å². The smallest absolute Gasteiger partial charge is 0.0817 e. The molecular weight excluding hydrogens is 260 g/mol. The van der Waals surface area contributed by atoms with E-state index in [-0.39, 0.29) is 5.60 Å². The van der Waals surface area contributed by atoms with E-state index in [4.69, 9.17) is 4.74 Å². The summed E-state index contributed by atoms with van der Waals surface area (Å²) in [4.78, 5) is 0. The van der Waals surface area contributed by atoms with Gasteiger partial charge in [0.05, 0.1) is 11.7 Å². The highest BCUT2D eigenvalue weighted by Gasteiger charge is 2.38. The van der Waals surface area contributed by atoms with E-state index in [1.807, 2.05) is 30.3 Å². The van der Waals surface area contributed by atoms with Gasteiger partial charge in [0, 0.05) is 13.5 Å². The van der Waals surface area contributed by atoms with Crippen LogP contribution in [0, 0.1) is 0 Å². The molecule has 3 rings (SSSR count). The number of methoxy groups -OCH3 is 1. The van der Waals surface area contributed by atoms with Gasteiger partial charge in [-0.1, -0.05) is 54.6 Å². The Balaban J connectivity index is 1.72. The summed E-state index contributed by atoms with van der Waals surface area (Å²) in [6.45, 7) is 0. The Morgan fingerprint density at radius 2 is 1.62 bits per heavy atom. The molecule has 110 valence electrons. The molecule has 0 aromatic heterocycles. The van der Waals surface area contributed by atoms with E-state index in [0.717, 1.165) is 18.4 Å². The first-order valence-corrected chi connectivity index (χ1v) is 7.61. The van der Waals surface area contributed by atoms with Crippen LogP contribution in [0.25, 0.3) is 11.1 Å². The number of aliphatic hydroxyl groups excluding tert-OH is 1. The Morgan fingerprint density at radius 3 is 2.14 bits per heavy atom. The quantitative estimate of drug-likeness (QED) is 0.883. The molecule has 0 radical (unpaired) electrons.